The van der Waals surface area contributed by atoms with Crippen molar-refractivity contribution in [1.82, 2.24) is 9.78 Å². The Hall–Kier alpha value is -1.30. The highest BCUT2D eigenvalue weighted by atomic mass is 15.3. The van der Waals surface area contributed by atoms with Crippen LogP contribution in [0.25, 0.3) is 0 Å². The van der Waals surface area contributed by atoms with E-state index >= 15 is 0 Å². The van der Waals surface area contributed by atoms with Crippen LogP contribution in [0.15, 0.2) is 12.3 Å². The van der Waals surface area contributed by atoms with Gasteiger partial charge >= 0.3 is 0 Å². The zero-order chi connectivity index (χ0) is 14.7. The second-order valence-electron chi connectivity index (χ2n) is 7.16. The summed E-state index contributed by atoms with van der Waals surface area (Å²) in [6.45, 7) is 2.26. The summed E-state index contributed by atoms with van der Waals surface area (Å²) in [4.78, 5) is 0. The quantitative estimate of drug-likeness (QED) is 0.808. The average molecular weight is 285 g/mol. The third-order valence-electron chi connectivity index (χ3n) is 5.64. The second-order valence-corrected chi connectivity index (χ2v) is 7.16. The molecule has 2 unspecified atom stereocenters. The van der Waals surface area contributed by atoms with Gasteiger partial charge in [-0.1, -0.05) is 39.0 Å². The molecule has 3 rings (SSSR count). The lowest BCUT2D eigenvalue weighted by atomic mass is 9.67. The molecule has 2 saturated carbocycles. The van der Waals surface area contributed by atoms with Crippen LogP contribution in [0.5, 0.6) is 0 Å². The van der Waals surface area contributed by atoms with E-state index in [1.54, 1.807) is 0 Å². The van der Waals surface area contributed by atoms with Crippen LogP contribution in [-0.4, -0.2) is 9.78 Å². The van der Waals surface area contributed by atoms with Crippen molar-refractivity contribution in [3.63, 3.8) is 0 Å². The van der Waals surface area contributed by atoms with Crippen molar-refractivity contribution in [2.75, 3.05) is 0 Å². The van der Waals surface area contributed by atoms with Crippen molar-refractivity contribution in [1.29, 1.82) is 5.26 Å². The van der Waals surface area contributed by atoms with Gasteiger partial charge in [-0.25, -0.2) is 0 Å². The first kappa shape index (κ1) is 14.6. The molecule has 0 aliphatic heterocycles. The van der Waals surface area contributed by atoms with E-state index in [4.69, 9.17) is 5.10 Å². The van der Waals surface area contributed by atoms with Gasteiger partial charge in [0.2, 0.25) is 0 Å². The number of rotatable bonds is 4. The lowest BCUT2D eigenvalue weighted by Gasteiger charge is -2.35. The molecule has 1 aromatic rings. The first-order chi connectivity index (χ1) is 10.2. The molecule has 2 fully saturated rings. The maximum absolute atomic E-state index is 9.75. The molecule has 0 bridgehead atoms. The highest BCUT2D eigenvalue weighted by Gasteiger charge is 2.36. The Morgan fingerprint density at radius 2 is 2.14 bits per heavy atom. The van der Waals surface area contributed by atoms with E-state index in [0.717, 1.165) is 30.9 Å². The molecule has 3 heteroatoms. The minimum atomic E-state index is -0.159. The highest BCUT2D eigenvalue weighted by molar-refractivity contribution is 5.12. The number of nitriles is 1. The summed E-state index contributed by atoms with van der Waals surface area (Å²) in [7, 11) is 0. The van der Waals surface area contributed by atoms with E-state index in [9.17, 15) is 5.26 Å². The molecule has 0 saturated heterocycles. The highest BCUT2D eigenvalue weighted by Crippen LogP contribution is 2.42. The largest absolute Gasteiger partial charge is 0.269 e. The Bertz CT molecular complexity index is 507. The van der Waals surface area contributed by atoms with Crippen LogP contribution < -0.4 is 0 Å². The fourth-order valence-corrected chi connectivity index (χ4v) is 4.33. The summed E-state index contributed by atoms with van der Waals surface area (Å²) < 4.78 is 2.16. The van der Waals surface area contributed by atoms with E-state index in [1.165, 1.54) is 44.9 Å². The maximum atomic E-state index is 9.75. The summed E-state index contributed by atoms with van der Waals surface area (Å²) in [5.74, 6) is 0.732. The van der Waals surface area contributed by atoms with Gasteiger partial charge in [0.15, 0.2) is 0 Å². The summed E-state index contributed by atoms with van der Waals surface area (Å²) in [5, 5.41) is 14.5. The molecule has 0 N–H and O–H groups in total. The van der Waals surface area contributed by atoms with Gasteiger partial charge in [0.25, 0.3) is 0 Å². The van der Waals surface area contributed by atoms with Crippen LogP contribution in [0.1, 0.15) is 76.4 Å². The Kier molecular flexibility index (Phi) is 4.33. The summed E-state index contributed by atoms with van der Waals surface area (Å²) >= 11 is 0. The number of aromatic nitrogens is 2. The van der Waals surface area contributed by atoms with Crippen molar-refractivity contribution in [2.24, 2.45) is 11.3 Å². The molecule has 0 radical (unpaired) electrons. The summed E-state index contributed by atoms with van der Waals surface area (Å²) in [5.41, 5.74) is 0.966. The van der Waals surface area contributed by atoms with E-state index < -0.39 is 0 Å². The first-order valence-electron chi connectivity index (χ1n) is 8.70. The van der Waals surface area contributed by atoms with E-state index in [-0.39, 0.29) is 5.41 Å². The van der Waals surface area contributed by atoms with Crippen LogP contribution in [-0.2, 0) is 6.42 Å². The van der Waals surface area contributed by atoms with Gasteiger partial charge in [0, 0.05) is 12.6 Å². The van der Waals surface area contributed by atoms with Gasteiger partial charge < -0.3 is 0 Å². The monoisotopic (exact) mass is 285 g/mol. The van der Waals surface area contributed by atoms with Crippen molar-refractivity contribution in [3.8, 4) is 6.07 Å². The smallest absolute Gasteiger partial charge is 0.0693 e. The fraction of sp³-hybridized carbons (Fsp3) is 0.778. The standard InChI is InChI=1S/C18H27N3/c1-2-15-6-5-10-18(12-15,14-19)13-16-9-11-21(20-16)17-7-3-4-8-17/h9,11,15,17H,2-8,10,12-13H2,1H3. The van der Waals surface area contributed by atoms with Gasteiger partial charge in [0.1, 0.15) is 0 Å². The minimum Gasteiger partial charge on any atom is -0.269 e. The third kappa shape index (κ3) is 3.15. The molecule has 0 spiro atoms. The van der Waals surface area contributed by atoms with E-state index in [1.807, 2.05) is 0 Å². The molecule has 114 valence electrons. The molecule has 2 atom stereocenters. The van der Waals surface area contributed by atoms with Gasteiger partial charge in [-0.3, -0.25) is 4.68 Å². The van der Waals surface area contributed by atoms with Crippen LogP contribution in [0, 0.1) is 22.7 Å². The van der Waals surface area contributed by atoms with Crippen LogP contribution >= 0.6 is 0 Å². The minimum absolute atomic E-state index is 0.159. The maximum Gasteiger partial charge on any atom is 0.0693 e. The fourth-order valence-electron chi connectivity index (χ4n) is 4.33. The molecular formula is C18H27N3. The SMILES string of the molecule is CCC1CCCC(C#N)(Cc2ccn(C3CCCC3)n2)C1. The normalized spacial score (nSPS) is 30.4. The zero-order valence-corrected chi connectivity index (χ0v) is 13.2. The van der Waals surface area contributed by atoms with Crippen molar-refractivity contribution in [3.05, 3.63) is 18.0 Å². The Morgan fingerprint density at radius 3 is 2.86 bits per heavy atom. The molecule has 1 aromatic heterocycles. The molecular weight excluding hydrogens is 258 g/mol. The topological polar surface area (TPSA) is 41.6 Å². The second kappa shape index (κ2) is 6.22. The van der Waals surface area contributed by atoms with Crippen molar-refractivity contribution >= 4 is 0 Å². The third-order valence-corrected chi connectivity index (χ3v) is 5.64. The molecule has 0 amide bonds. The lowest BCUT2D eigenvalue weighted by Crippen LogP contribution is -2.29. The van der Waals surface area contributed by atoms with Gasteiger partial charge in [-0.05, 0) is 37.7 Å². The van der Waals surface area contributed by atoms with E-state index in [2.05, 4.69) is 29.9 Å². The van der Waals surface area contributed by atoms with Crippen LogP contribution in [0.3, 0.4) is 0 Å². The lowest BCUT2D eigenvalue weighted by molar-refractivity contribution is 0.192. The molecule has 21 heavy (non-hydrogen) atoms. The van der Waals surface area contributed by atoms with Gasteiger partial charge in [0.05, 0.1) is 23.2 Å². The average Bonchev–Trinajstić information content (AvgIpc) is 3.18. The number of hydrogen-bond donors (Lipinski definition) is 0. The molecule has 0 aromatic carbocycles. The first-order valence-corrected chi connectivity index (χ1v) is 8.70. The van der Waals surface area contributed by atoms with E-state index in [0.29, 0.717) is 6.04 Å². The van der Waals surface area contributed by atoms with Gasteiger partial charge in [-0.15, -0.1) is 0 Å². The van der Waals surface area contributed by atoms with Crippen molar-refractivity contribution < 1.29 is 0 Å². The van der Waals surface area contributed by atoms with Crippen molar-refractivity contribution in [2.45, 2.75) is 77.2 Å². The van der Waals surface area contributed by atoms with Crippen LogP contribution in [0.2, 0.25) is 0 Å². The molecule has 2 aliphatic rings. The predicted octanol–water partition coefficient (Wildman–Crippen LogP) is 4.65. The summed E-state index contributed by atoms with van der Waals surface area (Å²) in [6.07, 6.45) is 14.0. The van der Waals surface area contributed by atoms with Crippen LogP contribution in [0.4, 0.5) is 0 Å². The zero-order valence-electron chi connectivity index (χ0n) is 13.2. The number of nitrogens with zero attached hydrogens (tertiary/aromatic N) is 3. The Morgan fingerprint density at radius 1 is 1.33 bits per heavy atom. The Labute approximate surface area is 128 Å². The molecule has 3 nitrogen and oxygen atoms in total. The number of hydrogen-bond acceptors (Lipinski definition) is 2. The van der Waals surface area contributed by atoms with Gasteiger partial charge in [-0.2, -0.15) is 10.4 Å². The molecule has 1 heterocycles. The Balaban J connectivity index is 1.70. The molecule has 2 aliphatic carbocycles. The predicted molar refractivity (Wildman–Crippen MR) is 83.7 cm³/mol. The summed E-state index contributed by atoms with van der Waals surface area (Å²) in [6, 6.07) is 5.41.